The van der Waals surface area contributed by atoms with E-state index in [2.05, 4.69) is 5.32 Å². The van der Waals surface area contributed by atoms with Gasteiger partial charge in [-0.1, -0.05) is 0 Å². The molecule has 1 fully saturated rings. The van der Waals surface area contributed by atoms with E-state index in [-0.39, 0.29) is 17.5 Å². The Labute approximate surface area is 133 Å². The van der Waals surface area contributed by atoms with Gasteiger partial charge in [-0.3, -0.25) is 10.1 Å². The fraction of sp³-hybridized carbons (Fsp3) is 0.462. The van der Waals surface area contributed by atoms with Gasteiger partial charge in [0, 0.05) is 6.07 Å². The molecule has 134 valence electrons. The number of piperidine rings is 1. The smallest absolute Gasteiger partial charge is 0.487 e. The molecule has 0 spiro atoms. The van der Waals surface area contributed by atoms with Crippen molar-refractivity contribution in [2.45, 2.75) is 25.1 Å². The molecule has 1 saturated heterocycles. The van der Waals surface area contributed by atoms with Crippen molar-refractivity contribution < 1.29 is 37.1 Å². The molecule has 7 nitrogen and oxygen atoms in total. The first-order chi connectivity index (χ1) is 11.1. The summed E-state index contributed by atoms with van der Waals surface area (Å²) in [5.74, 6) is -3.35. The van der Waals surface area contributed by atoms with E-state index in [1.807, 2.05) is 0 Å². The van der Waals surface area contributed by atoms with E-state index in [1.54, 1.807) is 0 Å². The van der Waals surface area contributed by atoms with Crippen LogP contribution in [0.1, 0.15) is 12.8 Å². The van der Waals surface area contributed by atoms with Crippen LogP contribution >= 0.6 is 0 Å². The lowest BCUT2D eigenvalue weighted by Gasteiger charge is -2.23. The van der Waals surface area contributed by atoms with Crippen LogP contribution in [0.5, 0.6) is 5.75 Å². The number of nitrogens with zero attached hydrogens (tertiary/aromatic N) is 1. The van der Waals surface area contributed by atoms with Crippen LogP contribution in [0, 0.1) is 15.9 Å². The molecule has 1 aromatic rings. The minimum absolute atomic E-state index is 0.0211. The average molecular weight is 354 g/mol. The number of benzene rings is 1. The topological polar surface area (TPSA) is 102 Å². The standard InChI is InChI=1S/C11H13FN2O3.C2HF3O2/c12-10-7-8(14(15)16)1-2-11(10)17-9-3-5-13-6-4-9;3-2(4,5)1(6)7/h1-2,7,9,13H,3-6H2;(H,6,7). The largest absolute Gasteiger partial charge is 0.490 e. The van der Waals surface area contributed by atoms with Crippen LogP contribution in [-0.2, 0) is 4.79 Å². The zero-order valence-corrected chi connectivity index (χ0v) is 12.2. The minimum atomic E-state index is -5.08. The van der Waals surface area contributed by atoms with Crippen molar-refractivity contribution in [1.82, 2.24) is 5.32 Å². The molecule has 0 aromatic heterocycles. The quantitative estimate of drug-likeness (QED) is 0.491. The lowest BCUT2D eigenvalue weighted by molar-refractivity contribution is -0.385. The molecule has 1 aliphatic rings. The van der Waals surface area contributed by atoms with Crippen molar-refractivity contribution in [3.8, 4) is 5.75 Å². The van der Waals surface area contributed by atoms with E-state index >= 15 is 0 Å². The first kappa shape index (κ1) is 19.6. The predicted molar refractivity (Wildman–Crippen MR) is 73.3 cm³/mol. The minimum Gasteiger partial charge on any atom is -0.487 e. The number of alkyl halides is 3. The number of hydrogen-bond donors (Lipinski definition) is 2. The molecular formula is C13H14F4N2O5. The second-order valence-corrected chi connectivity index (χ2v) is 4.74. The number of rotatable bonds is 3. The van der Waals surface area contributed by atoms with Crippen LogP contribution in [0.3, 0.4) is 0 Å². The molecule has 2 rings (SSSR count). The van der Waals surface area contributed by atoms with Crippen LogP contribution in [-0.4, -0.2) is 41.4 Å². The SMILES string of the molecule is O=C(O)C(F)(F)F.O=[N+]([O-])c1ccc(OC2CCNCC2)c(F)c1. The molecule has 0 saturated carbocycles. The van der Waals surface area contributed by atoms with E-state index in [4.69, 9.17) is 14.6 Å². The van der Waals surface area contributed by atoms with E-state index in [0.717, 1.165) is 32.0 Å². The number of ether oxygens (including phenoxy) is 1. The van der Waals surface area contributed by atoms with Crippen molar-refractivity contribution in [3.05, 3.63) is 34.1 Å². The molecular weight excluding hydrogens is 340 g/mol. The molecule has 24 heavy (non-hydrogen) atoms. The first-order valence-corrected chi connectivity index (χ1v) is 6.72. The van der Waals surface area contributed by atoms with Gasteiger partial charge in [0.2, 0.25) is 0 Å². The molecule has 0 bridgehead atoms. The zero-order chi connectivity index (χ0) is 18.3. The molecule has 0 aliphatic carbocycles. The number of nitro groups is 1. The lowest BCUT2D eigenvalue weighted by Crippen LogP contribution is -2.34. The second-order valence-electron chi connectivity index (χ2n) is 4.74. The summed E-state index contributed by atoms with van der Waals surface area (Å²) in [6.45, 7) is 1.69. The first-order valence-electron chi connectivity index (χ1n) is 6.72. The maximum Gasteiger partial charge on any atom is 0.490 e. The van der Waals surface area contributed by atoms with Gasteiger partial charge < -0.3 is 15.2 Å². The second kappa shape index (κ2) is 8.43. The van der Waals surface area contributed by atoms with Gasteiger partial charge in [-0.2, -0.15) is 13.2 Å². The number of non-ortho nitro benzene ring substituents is 1. The highest BCUT2D eigenvalue weighted by Gasteiger charge is 2.38. The van der Waals surface area contributed by atoms with Crippen LogP contribution in [0.15, 0.2) is 18.2 Å². The van der Waals surface area contributed by atoms with Crippen molar-refractivity contribution in [3.63, 3.8) is 0 Å². The van der Waals surface area contributed by atoms with Gasteiger partial charge in [0.15, 0.2) is 11.6 Å². The number of halogens is 4. The maximum atomic E-state index is 13.5. The van der Waals surface area contributed by atoms with Crippen LogP contribution in [0.2, 0.25) is 0 Å². The third-order valence-corrected chi connectivity index (χ3v) is 2.95. The van der Waals surface area contributed by atoms with Crippen LogP contribution in [0.25, 0.3) is 0 Å². The molecule has 0 unspecified atom stereocenters. The van der Waals surface area contributed by atoms with Crippen LogP contribution in [0.4, 0.5) is 23.2 Å². The predicted octanol–water partition coefficient (Wildman–Crippen LogP) is 2.50. The summed E-state index contributed by atoms with van der Waals surface area (Å²) in [6, 6.07) is 3.45. The van der Waals surface area contributed by atoms with Crippen molar-refractivity contribution >= 4 is 11.7 Å². The summed E-state index contributed by atoms with van der Waals surface area (Å²) < 4.78 is 50.7. The third kappa shape index (κ3) is 6.36. The summed E-state index contributed by atoms with van der Waals surface area (Å²) in [5, 5.41) is 20.7. The van der Waals surface area contributed by atoms with E-state index in [9.17, 15) is 27.7 Å². The molecule has 2 N–H and O–H groups in total. The summed E-state index contributed by atoms with van der Waals surface area (Å²) in [4.78, 5) is 18.7. The maximum absolute atomic E-state index is 13.5. The lowest BCUT2D eigenvalue weighted by atomic mass is 10.1. The Morgan fingerprint density at radius 2 is 1.88 bits per heavy atom. The van der Waals surface area contributed by atoms with E-state index in [1.165, 1.54) is 12.1 Å². The molecule has 1 aromatic carbocycles. The van der Waals surface area contributed by atoms with Crippen molar-refractivity contribution in [1.29, 1.82) is 0 Å². The zero-order valence-electron chi connectivity index (χ0n) is 12.2. The third-order valence-electron chi connectivity index (χ3n) is 2.95. The van der Waals surface area contributed by atoms with Gasteiger partial charge in [-0.15, -0.1) is 0 Å². The molecule has 0 atom stereocenters. The number of carboxylic acid groups (broad SMARTS) is 1. The highest BCUT2D eigenvalue weighted by Crippen LogP contribution is 2.24. The molecule has 11 heteroatoms. The fourth-order valence-electron chi connectivity index (χ4n) is 1.79. The van der Waals surface area contributed by atoms with Gasteiger partial charge in [0.05, 0.1) is 11.0 Å². The number of carbonyl (C=O) groups is 1. The van der Waals surface area contributed by atoms with Crippen LogP contribution < -0.4 is 10.1 Å². The average Bonchev–Trinajstić information content (AvgIpc) is 2.50. The molecule has 1 heterocycles. The summed E-state index contributed by atoms with van der Waals surface area (Å²) in [6.07, 6.45) is -3.47. The van der Waals surface area contributed by atoms with Crippen molar-refractivity contribution in [2.24, 2.45) is 0 Å². The van der Waals surface area contributed by atoms with E-state index in [0.29, 0.717) is 0 Å². The molecule has 1 aliphatic heterocycles. The Balaban J connectivity index is 0.000000351. The van der Waals surface area contributed by atoms with Gasteiger partial charge in [0.25, 0.3) is 5.69 Å². The summed E-state index contributed by atoms with van der Waals surface area (Å²) in [7, 11) is 0. The highest BCUT2D eigenvalue weighted by atomic mass is 19.4. The number of nitro benzene ring substituents is 1. The Hall–Kier alpha value is -2.43. The van der Waals surface area contributed by atoms with E-state index < -0.39 is 22.9 Å². The van der Waals surface area contributed by atoms with Gasteiger partial charge in [-0.05, 0) is 32.0 Å². The number of aliphatic carboxylic acids is 1. The number of carboxylic acids is 1. The molecule has 0 amide bonds. The van der Waals surface area contributed by atoms with Gasteiger partial charge in [0.1, 0.15) is 6.10 Å². The number of hydrogen-bond acceptors (Lipinski definition) is 5. The Morgan fingerprint density at radius 1 is 1.33 bits per heavy atom. The molecule has 0 radical (unpaired) electrons. The Bertz CT molecular complexity index is 588. The summed E-state index contributed by atoms with van der Waals surface area (Å²) >= 11 is 0. The highest BCUT2D eigenvalue weighted by molar-refractivity contribution is 5.73. The fourth-order valence-corrected chi connectivity index (χ4v) is 1.79. The van der Waals surface area contributed by atoms with Crippen molar-refractivity contribution in [2.75, 3.05) is 13.1 Å². The monoisotopic (exact) mass is 354 g/mol. The Morgan fingerprint density at radius 3 is 2.29 bits per heavy atom. The normalized spacial score (nSPS) is 15.2. The summed E-state index contributed by atoms with van der Waals surface area (Å²) in [5.41, 5.74) is -0.264. The Kier molecular flexibility index (Phi) is 6.89. The van der Waals surface area contributed by atoms with Gasteiger partial charge in [-0.25, -0.2) is 9.18 Å². The van der Waals surface area contributed by atoms with Gasteiger partial charge >= 0.3 is 12.1 Å². The number of nitrogens with one attached hydrogen (secondary N) is 1.